The van der Waals surface area contributed by atoms with Gasteiger partial charge in [0.25, 0.3) is 0 Å². The smallest absolute Gasteiger partial charge is 0.314 e. The van der Waals surface area contributed by atoms with Crippen molar-refractivity contribution in [3.8, 4) is 11.5 Å². The molecular formula is C17H17ClN2O4. The molecule has 0 spiro atoms. The van der Waals surface area contributed by atoms with Crippen LogP contribution >= 0.6 is 11.6 Å². The van der Waals surface area contributed by atoms with Crippen molar-refractivity contribution in [3.05, 3.63) is 47.0 Å². The number of ether oxygens (including phenoxy) is 2. The molecule has 24 heavy (non-hydrogen) atoms. The first kappa shape index (κ1) is 17.6. The number of anilines is 2. The average Bonchev–Trinajstić information content (AvgIpc) is 2.58. The van der Waals surface area contributed by atoms with Crippen molar-refractivity contribution in [2.45, 2.75) is 6.92 Å². The summed E-state index contributed by atoms with van der Waals surface area (Å²) in [6.07, 6.45) is 0. The Bertz CT molecular complexity index is 760. The van der Waals surface area contributed by atoms with Gasteiger partial charge in [-0.2, -0.15) is 0 Å². The maximum Gasteiger partial charge on any atom is 0.314 e. The molecule has 0 fully saturated rings. The van der Waals surface area contributed by atoms with Gasteiger partial charge in [-0.3, -0.25) is 9.59 Å². The summed E-state index contributed by atoms with van der Waals surface area (Å²) in [5, 5.41) is 5.52. The van der Waals surface area contributed by atoms with Crippen LogP contribution in [-0.2, 0) is 9.59 Å². The van der Waals surface area contributed by atoms with Crippen LogP contribution < -0.4 is 20.1 Å². The summed E-state index contributed by atoms with van der Waals surface area (Å²) < 4.78 is 10.2. The van der Waals surface area contributed by atoms with E-state index in [-0.39, 0.29) is 0 Å². The Balaban J connectivity index is 2.08. The Morgan fingerprint density at radius 3 is 2.17 bits per heavy atom. The number of aryl methyl sites for hydroxylation is 1. The van der Waals surface area contributed by atoms with Crippen LogP contribution in [-0.4, -0.2) is 26.0 Å². The molecule has 0 aromatic heterocycles. The molecule has 0 saturated carbocycles. The second-order valence-corrected chi connectivity index (χ2v) is 5.35. The van der Waals surface area contributed by atoms with Gasteiger partial charge >= 0.3 is 11.8 Å². The third-order valence-electron chi connectivity index (χ3n) is 3.28. The Kier molecular flexibility index (Phi) is 5.65. The van der Waals surface area contributed by atoms with Gasteiger partial charge < -0.3 is 20.1 Å². The fourth-order valence-electron chi connectivity index (χ4n) is 1.97. The first-order valence-corrected chi connectivity index (χ1v) is 7.43. The number of carbonyl (C=O) groups excluding carboxylic acids is 2. The van der Waals surface area contributed by atoms with Gasteiger partial charge in [0.1, 0.15) is 11.5 Å². The number of halogens is 1. The number of hydrogen-bond acceptors (Lipinski definition) is 4. The topological polar surface area (TPSA) is 76.7 Å². The molecule has 0 bridgehead atoms. The SMILES string of the molecule is COc1ccc(NC(=O)C(=O)Nc2cc(C)c(Cl)cc2OC)cc1. The molecule has 2 aromatic carbocycles. The minimum absolute atomic E-state index is 0.370. The second kappa shape index (κ2) is 7.70. The molecule has 0 radical (unpaired) electrons. The maximum absolute atomic E-state index is 12.1. The zero-order valence-corrected chi connectivity index (χ0v) is 14.2. The van der Waals surface area contributed by atoms with Gasteiger partial charge in [-0.05, 0) is 42.8 Å². The Morgan fingerprint density at radius 1 is 0.958 bits per heavy atom. The van der Waals surface area contributed by atoms with Crippen molar-refractivity contribution >= 4 is 34.8 Å². The number of benzene rings is 2. The fourth-order valence-corrected chi connectivity index (χ4v) is 2.12. The largest absolute Gasteiger partial charge is 0.497 e. The Hall–Kier alpha value is -2.73. The summed E-state index contributed by atoms with van der Waals surface area (Å²) in [7, 11) is 3.00. The summed E-state index contributed by atoms with van der Waals surface area (Å²) in [4.78, 5) is 24.1. The van der Waals surface area contributed by atoms with Crippen molar-refractivity contribution < 1.29 is 19.1 Å². The van der Waals surface area contributed by atoms with E-state index in [2.05, 4.69) is 10.6 Å². The number of nitrogens with one attached hydrogen (secondary N) is 2. The minimum Gasteiger partial charge on any atom is -0.497 e. The zero-order chi connectivity index (χ0) is 17.7. The summed E-state index contributed by atoms with van der Waals surface area (Å²) in [6, 6.07) is 9.85. The summed E-state index contributed by atoms with van der Waals surface area (Å²) in [6.45, 7) is 1.79. The molecule has 0 atom stereocenters. The molecule has 2 N–H and O–H groups in total. The highest BCUT2D eigenvalue weighted by Gasteiger charge is 2.17. The fraction of sp³-hybridized carbons (Fsp3) is 0.176. The second-order valence-electron chi connectivity index (χ2n) is 4.94. The van der Waals surface area contributed by atoms with Crippen LogP contribution in [0.25, 0.3) is 0 Å². The highest BCUT2D eigenvalue weighted by molar-refractivity contribution is 6.43. The molecule has 0 heterocycles. The first-order chi connectivity index (χ1) is 11.4. The predicted molar refractivity (Wildman–Crippen MR) is 93.0 cm³/mol. The molecule has 7 heteroatoms. The third-order valence-corrected chi connectivity index (χ3v) is 3.69. The van der Waals surface area contributed by atoms with Crippen LogP contribution in [0, 0.1) is 6.92 Å². The van der Waals surface area contributed by atoms with Gasteiger partial charge in [-0.15, -0.1) is 0 Å². The zero-order valence-electron chi connectivity index (χ0n) is 13.5. The number of rotatable bonds is 4. The van der Waals surface area contributed by atoms with Crippen molar-refractivity contribution in [1.29, 1.82) is 0 Å². The predicted octanol–water partition coefficient (Wildman–Crippen LogP) is 3.24. The van der Waals surface area contributed by atoms with Crippen molar-refractivity contribution in [2.24, 2.45) is 0 Å². The van der Waals surface area contributed by atoms with Gasteiger partial charge in [-0.25, -0.2) is 0 Å². The van der Waals surface area contributed by atoms with E-state index in [1.165, 1.54) is 7.11 Å². The van der Waals surface area contributed by atoms with Crippen molar-refractivity contribution in [2.75, 3.05) is 24.9 Å². The van der Waals surface area contributed by atoms with Gasteiger partial charge in [0, 0.05) is 16.8 Å². The molecule has 2 amide bonds. The third kappa shape index (κ3) is 4.17. The van der Waals surface area contributed by atoms with Gasteiger partial charge in [0.15, 0.2) is 0 Å². The molecular weight excluding hydrogens is 332 g/mol. The molecule has 0 saturated heterocycles. The lowest BCUT2D eigenvalue weighted by molar-refractivity contribution is -0.133. The Labute approximate surface area is 144 Å². The number of carbonyl (C=O) groups is 2. The van der Waals surface area contributed by atoms with E-state index in [1.54, 1.807) is 50.4 Å². The standard InChI is InChI=1S/C17H17ClN2O4/c1-10-8-14(15(24-3)9-13(10)18)20-17(22)16(21)19-11-4-6-12(23-2)7-5-11/h4-9H,1-3H3,(H,19,21)(H,20,22). The van der Waals surface area contributed by atoms with E-state index in [0.717, 1.165) is 5.56 Å². The molecule has 6 nitrogen and oxygen atoms in total. The number of hydrogen-bond donors (Lipinski definition) is 2. The van der Waals surface area contributed by atoms with Gasteiger partial charge in [0.2, 0.25) is 0 Å². The normalized spacial score (nSPS) is 10.0. The molecule has 0 unspecified atom stereocenters. The van der Waals surface area contributed by atoms with E-state index in [0.29, 0.717) is 27.9 Å². The Morgan fingerprint density at radius 2 is 1.58 bits per heavy atom. The lowest BCUT2D eigenvalue weighted by Gasteiger charge is -2.12. The van der Waals surface area contributed by atoms with Crippen molar-refractivity contribution in [3.63, 3.8) is 0 Å². The highest BCUT2D eigenvalue weighted by atomic mass is 35.5. The van der Waals surface area contributed by atoms with E-state index >= 15 is 0 Å². The lowest BCUT2D eigenvalue weighted by Crippen LogP contribution is -2.29. The van der Waals surface area contributed by atoms with Crippen molar-refractivity contribution in [1.82, 2.24) is 0 Å². The van der Waals surface area contributed by atoms with Crippen LogP contribution in [0.1, 0.15) is 5.56 Å². The van der Waals surface area contributed by atoms with Gasteiger partial charge in [0.05, 0.1) is 19.9 Å². The van der Waals surface area contributed by atoms with E-state index in [9.17, 15) is 9.59 Å². The van der Waals surface area contributed by atoms with Crippen LogP contribution in [0.5, 0.6) is 11.5 Å². The monoisotopic (exact) mass is 348 g/mol. The van der Waals surface area contributed by atoms with Crippen LogP contribution in [0.2, 0.25) is 5.02 Å². The van der Waals surface area contributed by atoms with Crippen LogP contribution in [0.15, 0.2) is 36.4 Å². The number of methoxy groups -OCH3 is 2. The summed E-state index contributed by atoms with van der Waals surface area (Å²) >= 11 is 6.01. The first-order valence-electron chi connectivity index (χ1n) is 7.05. The van der Waals surface area contributed by atoms with Gasteiger partial charge in [-0.1, -0.05) is 11.6 Å². The van der Waals surface area contributed by atoms with Crippen LogP contribution in [0.3, 0.4) is 0 Å². The van der Waals surface area contributed by atoms with E-state index in [1.807, 2.05) is 0 Å². The maximum atomic E-state index is 12.1. The highest BCUT2D eigenvalue weighted by Crippen LogP contribution is 2.30. The molecule has 2 rings (SSSR count). The molecule has 0 aliphatic carbocycles. The minimum atomic E-state index is -0.814. The molecule has 2 aromatic rings. The van der Waals surface area contributed by atoms with Crippen LogP contribution in [0.4, 0.5) is 11.4 Å². The lowest BCUT2D eigenvalue weighted by atomic mass is 10.2. The van der Waals surface area contributed by atoms with E-state index in [4.69, 9.17) is 21.1 Å². The number of amides is 2. The average molecular weight is 349 g/mol. The quantitative estimate of drug-likeness (QED) is 0.831. The molecule has 126 valence electrons. The summed E-state index contributed by atoms with van der Waals surface area (Å²) in [5.74, 6) is -0.587. The molecule has 0 aliphatic rings. The van der Waals surface area contributed by atoms with E-state index < -0.39 is 11.8 Å². The summed E-state index contributed by atoms with van der Waals surface area (Å²) in [5.41, 5.74) is 1.60. The molecule has 0 aliphatic heterocycles.